The quantitative estimate of drug-likeness (QED) is 0.565. The van der Waals surface area contributed by atoms with Crippen LogP contribution in [0.1, 0.15) is 39.0 Å². The summed E-state index contributed by atoms with van der Waals surface area (Å²) in [5.41, 5.74) is 2.12. The van der Waals surface area contributed by atoms with Crippen molar-refractivity contribution in [3.8, 4) is 0 Å². The van der Waals surface area contributed by atoms with Crippen molar-refractivity contribution in [2.24, 2.45) is 35.0 Å². The van der Waals surface area contributed by atoms with Crippen LogP contribution in [0.15, 0.2) is 48.6 Å². The van der Waals surface area contributed by atoms with Gasteiger partial charge in [-0.05, 0) is 67.1 Å². The van der Waals surface area contributed by atoms with E-state index in [1.54, 1.807) is 5.57 Å². The number of fused-ring (bicyclic) bond motifs is 7. The van der Waals surface area contributed by atoms with Crippen LogP contribution in [0.5, 0.6) is 0 Å². The Kier molecular flexibility index (Phi) is 2.84. The van der Waals surface area contributed by atoms with Crippen molar-refractivity contribution in [1.29, 1.82) is 0 Å². The molecule has 20 heavy (non-hydrogen) atoms. The van der Waals surface area contributed by atoms with Gasteiger partial charge in [-0.25, -0.2) is 0 Å². The highest BCUT2D eigenvalue weighted by molar-refractivity contribution is 5.25. The molecule has 0 aromatic carbocycles. The third kappa shape index (κ3) is 1.80. The normalized spacial score (nSPS) is 49.0. The monoisotopic (exact) mass is 266 g/mol. The Labute approximate surface area is 123 Å². The number of hydrogen-bond donors (Lipinski definition) is 0. The van der Waals surface area contributed by atoms with Crippen LogP contribution in [0, 0.1) is 35.0 Å². The lowest BCUT2D eigenvalue weighted by Gasteiger charge is -2.27. The molecule has 0 radical (unpaired) electrons. The topological polar surface area (TPSA) is 0 Å². The maximum atomic E-state index is 3.91. The molecule has 6 atom stereocenters. The Morgan fingerprint density at radius 1 is 1.20 bits per heavy atom. The van der Waals surface area contributed by atoms with Gasteiger partial charge in [-0.2, -0.15) is 0 Å². The molecule has 0 heteroatoms. The first-order valence-corrected chi connectivity index (χ1v) is 8.36. The fraction of sp³-hybridized carbons (Fsp3) is 0.600. The van der Waals surface area contributed by atoms with Gasteiger partial charge in [-0.3, -0.25) is 0 Å². The summed E-state index contributed by atoms with van der Waals surface area (Å²) in [7, 11) is 0. The van der Waals surface area contributed by atoms with Crippen LogP contribution < -0.4 is 0 Å². The van der Waals surface area contributed by atoms with Crippen molar-refractivity contribution in [3.63, 3.8) is 0 Å². The van der Waals surface area contributed by atoms with Gasteiger partial charge in [0.1, 0.15) is 0 Å². The van der Waals surface area contributed by atoms with E-state index in [4.69, 9.17) is 0 Å². The first kappa shape index (κ1) is 12.7. The molecule has 0 aromatic rings. The van der Waals surface area contributed by atoms with Crippen LogP contribution in [0.3, 0.4) is 0 Å². The third-order valence-electron chi connectivity index (χ3n) is 6.66. The summed E-state index contributed by atoms with van der Waals surface area (Å²) in [6.45, 7) is 6.24. The SMILES string of the molecule is C1=CC2C3C=CC(C3)C2C1.C=CC1(C)CC2=CCC1C2. The van der Waals surface area contributed by atoms with E-state index < -0.39 is 0 Å². The molecule has 4 bridgehead atoms. The summed E-state index contributed by atoms with van der Waals surface area (Å²) in [5.74, 6) is 4.71. The lowest BCUT2D eigenvalue weighted by molar-refractivity contribution is 0.307. The van der Waals surface area contributed by atoms with Crippen LogP contribution in [-0.2, 0) is 0 Å². The predicted molar refractivity (Wildman–Crippen MR) is 85.2 cm³/mol. The molecule has 2 fully saturated rings. The van der Waals surface area contributed by atoms with E-state index in [2.05, 4.69) is 50.0 Å². The highest BCUT2D eigenvalue weighted by atomic mass is 14.5. The van der Waals surface area contributed by atoms with Crippen molar-refractivity contribution in [2.75, 3.05) is 0 Å². The molecule has 0 heterocycles. The van der Waals surface area contributed by atoms with Crippen LogP contribution in [0.4, 0.5) is 0 Å². The molecular weight excluding hydrogens is 240 g/mol. The zero-order chi connectivity index (χ0) is 13.7. The van der Waals surface area contributed by atoms with Crippen LogP contribution in [-0.4, -0.2) is 0 Å². The highest BCUT2D eigenvalue weighted by Gasteiger charge is 2.44. The summed E-state index contributed by atoms with van der Waals surface area (Å²) in [6.07, 6.45) is 21.0. The second-order valence-electron chi connectivity index (χ2n) is 7.74. The molecule has 0 spiro atoms. The number of hydrogen-bond acceptors (Lipinski definition) is 0. The maximum absolute atomic E-state index is 3.91. The van der Waals surface area contributed by atoms with Crippen molar-refractivity contribution in [3.05, 3.63) is 48.6 Å². The van der Waals surface area contributed by atoms with Gasteiger partial charge in [-0.15, -0.1) is 6.58 Å². The molecule has 0 saturated heterocycles. The van der Waals surface area contributed by atoms with Gasteiger partial charge < -0.3 is 0 Å². The Morgan fingerprint density at radius 2 is 2.05 bits per heavy atom. The van der Waals surface area contributed by atoms with Gasteiger partial charge in [0, 0.05) is 0 Å². The van der Waals surface area contributed by atoms with Crippen molar-refractivity contribution >= 4 is 0 Å². The van der Waals surface area contributed by atoms with Gasteiger partial charge in [0.2, 0.25) is 0 Å². The van der Waals surface area contributed by atoms with E-state index in [1.807, 2.05) is 0 Å². The van der Waals surface area contributed by atoms with Crippen molar-refractivity contribution in [1.82, 2.24) is 0 Å². The zero-order valence-corrected chi connectivity index (χ0v) is 12.6. The standard InChI is InChI=1S/C10H12.C10H14/c1-2-9-7-4-5-8(6-7)10(9)3-1;1-3-10(2)7-8-4-5-9(10)6-8/h1-2,4-5,7-10H,3,6H2;3-4,9H,1,5-7H2,2H3. The molecule has 6 unspecified atom stereocenters. The van der Waals surface area contributed by atoms with Gasteiger partial charge in [-0.1, -0.05) is 49.0 Å². The average molecular weight is 266 g/mol. The second kappa shape index (κ2) is 4.48. The summed E-state index contributed by atoms with van der Waals surface area (Å²) < 4.78 is 0. The smallest absolute Gasteiger partial charge is 0.00778 e. The summed E-state index contributed by atoms with van der Waals surface area (Å²) in [6, 6.07) is 0. The Morgan fingerprint density at radius 3 is 2.65 bits per heavy atom. The Hall–Kier alpha value is -1.04. The first-order valence-electron chi connectivity index (χ1n) is 8.36. The van der Waals surface area contributed by atoms with Crippen LogP contribution in [0.2, 0.25) is 0 Å². The molecule has 0 N–H and O–H groups in total. The summed E-state index contributed by atoms with van der Waals surface area (Å²) >= 11 is 0. The van der Waals surface area contributed by atoms with Gasteiger partial charge in [0.05, 0.1) is 0 Å². The van der Waals surface area contributed by atoms with E-state index in [9.17, 15) is 0 Å². The van der Waals surface area contributed by atoms with Crippen LogP contribution >= 0.6 is 0 Å². The zero-order valence-electron chi connectivity index (χ0n) is 12.6. The minimum absolute atomic E-state index is 0.448. The molecular formula is C20H26. The summed E-state index contributed by atoms with van der Waals surface area (Å²) in [5, 5.41) is 0. The number of allylic oxidation sites excluding steroid dienone is 7. The van der Waals surface area contributed by atoms with Gasteiger partial charge >= 0.3 is 0 Å². The van der Waals surface area contributed by atoms with E-state index in [0.29, 0.717) is 5.41 Å². The van der Waals surface area contributed by atoms with E-state index in [1.165, 1.54) is 32.1 Å². The highest BCUT2D eigenvalue weighted by Crippen LogP contribution is 2.53. The average Bonchev–Trinajstić information content (AvgIpc) is 3.21. The maximum Gasteiger partial charge on any atom is -0.00778 e. The van der Waals surface area contributed by atoms with Crippen molar-refractivity contribution < 1.29 is 0 Å². The minimum Gasteiger partial charge on any atom is -0.103 e. The molecule has 0 aliphatic heterocycles. The van der Waals surface area contributed by atoms with Gasteiger partial charge in [0.15, 0.2) is 0 Å². The minimum atomic E-state index is 0.448. The fourth-order valence-corrected chi connectivity index (χ4v) is 5.28. The van der Waals surface area contributed by atoms with Crippen molar-refractivity contribution in [2.45, 2.75) is 39.0 Å². The van der Waals surface area contributed by atoms with E-state index >= 15 is 0 Å². The Balaban J connectivity index is 0.000000106. The van der Waals surface area contributed by atoms with E-state index in [0.717, 1.165) is 29.6 Å². The molecule has 5 aliphatic carbocycles. The lowest BCUT2D eigenvalue weighted by Crippen LogP contribution is -2.18. The fourth-order valence-electron chi connectivity index (χ4n) is 5.28. The molecule has 5 aliphatic rings. The number of rotatable bonds is 1. The van der Waals surface area contributed by atoms with Crippen LogP contribution in [0.25, 0.3) is 0 Å². The van der Waals surface area contributed by atoms with E-state index in [-0.39, 0.29) is 0 Å². The largest absolute Gasteiger partial charge is 0.103 e. The second-order valence-corrected chi connectivity index (χ2v) is 7.74. The molecule has 0 nitrogen and oxygen atoms in total. The molecule has 2 saturated carbocycles. The third-order valence-corrected chi connectivity index (χ3v) is 6.66. The van der Waals surface area contributed by atoms with Gasteiger partial charge in [0.25, 0.3) is 0 Å². The first-order chi connectivity index (χ1) is 9.69. The Bertz CT molecular complexity index is 506. The predicted octanol–water partition coefficient (Wildman–Crippen LogP) is 5.30. The molecule has 5 rings (SSSR count). The summed E-state index contributed by atoms with van der Waals surface area (Å²) in [4.78, 5) is 0. The molecule has 0 aromatic heterocycles. The molecule has 106 valence electrons. The molecule has 0 amide bonds. The lowest BCUT2D eigenvalue weighted by atomic mass is 9.77.